The SMILES string of the molecule is O=C(O)c1ccc(Cc2ccccc2CO)c(C(=O)O)c1. The fraction of sp³-hybridized carbons (Fsp3) is 0.125. The molecule has 0 radical (unpaired) electrons. The number of hydrogen-bond donors (Lipinski definition) is 3. The van der Waals surface area contributed by atoms with Gasteiger partial charge in [-0.05, 0) is 35.2 Å². The van der Waals surface area contributed by atoms with Crippen molar-refractivity contribution in [1.29, 1.82) is 0 Å². The maximum atomic E-state index is 11.3. The molecule has 0 aliphatic rings. The highest BCUT2D eigenvalue weighted by molar-refractivity contribution is 5.95. The zero-order valence-electron chi connectivity index (χ0n) is 11.1. The van der Waals surface area contributed by atoms with E-state index in [9.17, 15) is 19.8 Å². The van der Waals surface area contributed by atoms with E-state index in [1.54, 1.807) is 18.2 Å². The van der Waals surface area contributed by atoms with Crippen LogP contribution in [0, 0.1) is 0 Å². The predicted molar refractivity (Wildman–Crippen MR) is 75.5 cm³/mol. The lowest BCUT2D eigenvalue weighted by molar-refractivity contribution is 0.0695. The van der Waals surface area contributed by atoms with E-state index in [4.69, 9.17) is 5.11 Å². The van der Waals surface area contributed by atoms with Crippen molar-refractivity contribution in [2.45, 2.75) is 13.0 Å². The lowest BCUT2D eigenvalue weighted by atomic mass is 9.95. The van der Waals surface area contributed by atoms with Gasteiger partial charge in [0.2, 0.25) is 0 Å². The molecule has 0 aliphatic heterocycles. The maximum absolute atomic E-state index is 11.3. The van der Waals surface area contributed by atoms with Gasteiger partial charge in [0.1, 0.15) is 0 Å². The molecule has 0 spiro atoms. The Balaban J connectivity index is 2.44. The van der Waals surface area contributed by atoms with Gasteiger partial charge in [-0.1, -0.05) is 30.3 Å². The summed E-state index contributed by atoms with van der Waals surface area (Å²) in [6.07, 6.45) is 0.318. The minimum Gasteiger partial charge on any atom is -0.478 e. The maximum Gasteiger partial charge on any atom is 0.336 e. The number of carboxylic acid groups (broad SMARTS) is 2. The topological polar surface area (TPSA) is 94.8 Å². The van der Waals surface area contributed by atoms with E-state index in [1.807, 2.05) is 6.07 Å². The van der Waals surface area contributed by atoms with Gasteiger partial charge in [0.25, 0.3) is 0 Å². The van der Waals surface area contributed by atoms with Crippen molar-refractivity contribution in [2.24, 2.45) is 0 Å². The molecule has 0 saturated carbocycles. The van der Waals surface area contributed by atoms with Gasteiger partial charge in [0.15, 0.2) is 0 Å². The summed E-state index contributed by atoms with van der Waals surface area (Å²) in [4.78, 5) is 22.2. The fourth-order valence-corrected chi connectivity index (χ4v) is 2.15. The average Bonchev–Trinajstić information content (AvgIpc) is 2.47. The van der Waals surface area contributed by atoms with Crippen molar-refractivity contribution in [3.05, 3.63) is 70.3 Å². The van der Waals surface area contributed by atoms with E-state index < -0.39 is 11.9 Å². The van der Waals surface area contributed by atoms with Crippen LogP contribution in [-0.4, -0.2) is 27.3 Å². The Labute approximate surface area is 121 Å². The summed E-state index contributed by atoms with van der Waals surface area (Å²) >= 11 is 0. The Kier molecular flexibility index (Phi) is 4.35. The molecule has 5 heteroatoms. The molecular weight excluding hydrogens is 272 g/mol. The van der Waals surface area contributed by atoms with Crippen LogP contribution in [0.4, 0.5) is 0 Å². The van der Waals surface area contributed by atoms with Gasteiger partial charge in [-0.25, -0.2) is 9.59 Å². The molecule has 0 saturated heterocycles. The summed E-state index contributed by atoms with van der Waals surface area (Å²) < 4.78 is 0. The van der Waals surface area contributed by atoms with Crippen LogP contribution in [0.15, 0.2) is 42.5 Å². The summed E-state index contributed by atoms with van der Waals surface area (Å²) in [7, 11) is 0. The second kappa shape index (κ2) is 6.19. The van der Waals surface area contributed by atoms with Crippen LogP contribution in [-0.2, 0) is 13.0 Å². The quantitative estimate of drug-likeness (QED) is 0.783. The van der Waals surface area contributed by atoms with Gasteiger partial charge in [-0.15, -0.1) is 0 Å². The Hall–Kier alpha value is -2.66. The third-order valence-electron chi connectivity index (χ3n) is 3.26. The standard InChI is InChI=1S/C16H14O5/c17-9-13-4-2-1-3-10(13)7-11-5-6-12(15(18)19)8-14(11)16(20)21/h1-6,8,17H,7,9H2,(H,18,19)(H,20,21). The fourth-order valence-electron chi connectivity index (χ4n) is 2.15. The zero-order valence-corrected chi connectivity index (χ0v) is 11.1. The van der Waals surface area contributed by atoms with Gasteiger partial charge in [0, 0.05) is 0 Å². The number of rotatable bonds is 5. The van der Waals surface area contributed by atoms with E-state index in [0.717, 1.165) is 17.2 Å². The molecule has 0 atom stereocenters. The second-order valence-corrected chi connectivity index (χ2v) is 4.59. The molecule has 2 aromatic rings. The molecule has 0 heterocycles. The molecule has 0 amide bonds. The van der Waals surface area contributed by atoms with Crippen LogP contribution in [0.25, 0.3) is 0 Å². The van der Waals surface area contributed by atoms with Crippen molar-refractivity contribution >= 4 is 11.9 Å². The molecule has 3 N–H and O–H groups in total. The molecule has 2 aromatic carbocycles. The van der Waals surface area contributed by atoms with Crippen LogP contribution in [0.1, 0.15) is 37.4 Å². The molecule has 0 bridgehead atoms. The normalized spacial score (nSPS) is 10.3. The molecule has 0 fully saturated rings. The largest absolute Gasteiger partial charge is 0.478 e. The minimum absolute atomic E-state index is 0.0392. The van der Waals surface area contributed by atoms with Crippen LogP contribution < -0.4 is 0 Å². The van der Waals surface area contributed by atoms with Gasteiger partial charge < -0.3 is 15.3 Å². The first-order valence-electron chi connectivity index (χ1n) is 6.30. The van der Waals surface area contributed by atoms with Crippen LogP contribution in [0.3, 0.4) is 0 Å². The number of hydrogen-bond acceptors (Lipinski definition) is 3. The van der Waals surface area contributed by atoms with Gasteiger partial charge >= 0.3 is 11.9 Å². The summed E-state index contributed by atoms with van der Waals surface area (Å²) in [5.41, 5.74) is 1.93. The molecule has 2 rings (SSSR count). The number of carbonyl (C=O) groups is 2. The summed E-state index contributed by atoms with van der Waals surface area (Å²) in [5, 5.41) is 27.5. The van der Waals surface area contributed by atoms with E-state index >= 15 is 0 Å². The highest BCUT2D eigenvalue weighted by Gasteiger charge is 2.15. The van der Waals surface area contributed by atoms with Gasteiger partial charge in [-0.2, -0.15) is 0 Å². The predicted octanol–water partition coefficient (Wildman–Crippen LogP) is 2.17. The first-order valence-corrected chi connectivity index (χ1v) is 6.30. The van der Waals surface area contributed by atoms with Gasteiger partial charge in [0.05, 0.1) is 17.7 Å². The first kappa shape index (κ1) is 14.7. The number of carboxylic acids is 2. The Morgan fingerprint density at radius 1 is 0.857 bits per heavy atom. The lowest BCUT2D eigenvalue weighted by Gasteiger charge is -2.10. The first-order chi connectivity index (χ1) is 10.0. The Morgan fingerprint density at radius 2 is 1.52 bits per heavy atom. The molecule has 21 heavy (non-hydrogen) atoms. The number of benzene rings is 2. The Morgan fingerprint density at radius 3 is 2.10 bits per heavy atom. The number of aliphatic hydroxyl groups excluding tert-OH is 1. The third kappa shape index (κ3) is 3.27. The number of aromatic carboxylic acids is 2. The van der Waals surface area contributed by atoms with Gasteiger partial charge in [-0.3, -0.25) is 0 Å². The monoisotopic (exact) mass is 286 g/mol. The molecule has 0 aliphatic carbocycles. The van der Waals surface area contributed by atoms with E-state index in [2.05, 4.69) is 0 Å². The molecule has 0 aromatic heterocycles. The van der Waals surface area contributed by atoms with E-state index in [1.165, 1.54) is 12.1 Å². The highest BCUT2D eigenvalue weighted by atomic mass is 16.4. The molecular formula is C16H14O5. The van der Waals surface area contributed by atoms with Crippen molar-refractivity contribution in [3.63, 3.8) is 0 Å². The molecule has 0 unspecified atom stereocenters. The van der Waals surface area contributed by atoms with Crippen LogP contribution in [0.5, 0.6) is 0 Å². The van der Waals surface area contributed by atoms with Crippen LogP contribution >= 0.6 is 0 Å². The Bertz CT molecular complexity index is 691. The highest BCUT2D eigenvalue weighted by Crippen LogP contribution is 2.19. The third-order valence-corrected chi connectivity index (χ3v) is 3.26. The average molecular weight is 286 g/mol. The summed E-state index contributed by atoms with van der Waals surface area (Å²) in [6, 6.07) is 11.2. The van der Waals surface area contributed by atoms with Crippen molar-refractivity contribution < 1.29 is 24.9 Å². The second-order valence-electron chi connectivity index (χ2n) is 4.59. The molecule has 108 valence electrons. The number of aliphatic hydroxyl groups is 1. The molecule has 5 nitrogen and oxygen atoms in total. The van der Waals surface area contributed by atoms with Crippen molar-refractivity contribution in [3.8, 4) is 0 Å². The summed E-state index contributed by atoms with van der Waals surface area (Å²) in [5.74, 6) is -2.34. The lowest BCUT2D eigenvalue weighted by Crippen LogP contribution is -2.07. The minimum atomic E-state index is -1.17. The van der Waals surface area contributed by atoms with E-state index in [-0.39, 0.29) is 17.7 Å². The zero-order chi connectivity index (χ0) is 15.4. The smallest absolute Gasteiger partial charge is 0.336 e. The van der Waals surface area contributed by atoms with Crippen molar-refractivity contribution in [2.75, 3.05) is 0 Å². The van der Waals surface area contributed by atoms with Crippen LogP contribution in [0.2, 0.25) is 0 Å². The summed E-state index contributed by atoms with van der Waals surface area (Å²) in [6.45, 7) is -0.133. The van der Waals surface area contributed by atoms with Crippen molar-refractivity contribution in [1.82, 2.24) is 0 Å². The van der Waals surface area contributed by atoms with E-state index in [0.29, 0.717) is 12.0 Å².